The highest BCUT2D eigenvalue weighted by atomic mass is 31.2. The van der Waals surface area contributed by atoms with Gasteiger partial charge in [0, 0.05) is 7.26 Å². The molecule has 0 aliphatic carbocycles. The number of para-hydroxylation sites is 1. The molecule has 0 saturated carbocycles. The molecular formula is C19H33N3P+. The minimum absolute atomic E-state index is 0.978. The van der Waals surface area contributed by atoms with Crippen molar-refractivity contribution in [3.8, 4) is 0 Å². The van der Waals surface area contributed by atoms with Crippen molar-refractivity contribution in [2.75, 3.05) is 18.5 Å². The molecule has 4 heteroatoms. The number of benzene rings is 1. The smallest absolute Gasteiger partial charge is 0.152 e. The lowest BCUT2D eigenvalue weighted by Gasteiger charge is -2.27. The van der Waals surface area contributed by atoms with Crippen LogP contribution in [0, 0.1) is 0 Å². The van der Waals surface area contributed by atoms with Crippen molar-refractivity contribution < 1.29 is 0 Å². The molecule has 0 atom stereocenters. The molecule has 1 aromatic carbocycles. The number of fused-ring (bicyclic) bond motifs is 1. The first-order valence-corrected chi connectivity index (χ1v) is 11.9. The zero-order valence-corrected chi connectivity index (χ0v) is 16.1. The third-order valence-corrected chi connectivity index (χ3v) is 9.47. The predicted octanol–water partition coefficient (Wildman–Crippen LogP) is 5.81. The molecular weight excluding hydrogens is 301 g/mol. The summed E-state index contributed by atoms with van der Waals surface area (Å²) in [4.78, 5) is 0. The Morgan fingerprint density at radius 1 is 0.870 bits per heavy atom. The van der Waals surface area contributed by atoms with Gasteiger partial charge in [0.25, 0.3) is 0 Å². The molecule has 0 unspecified atom stereocenters. The Hall–Kier alpha value is -0.950. The average Bonchev–Trinajstić information content (AvgIpc) is 2.99. The van der Waals surface area contributed by atoms with Gasteiger partial charge in [-0.25, -0.2) is 4.68 Å². The second-order valence-electron chi connectivity index (χ2n) is 6.79. The van der Waals surface area contributed by atoms with E-state index in [2.05, 4.69) is 60.0 Å². The van der Waals surface area contributed by atoms with Crippen molar-refractivity contribution in [3.05, 3.63) is 24.3 Å². The molecule has 0 bridgehead atoms. The van der Waals surface area contributed by atoms with Crippen LogP contribution in [0.3, 0.4) is 0 Å². The fraction of sp³-hybridized carbons (Fsp3) is 0.684. The summed E-state index contributed by atoms with van der Waals surface area (Å²) in [5.74, 6) is 0. The number of rotatable bonds is 11. The summed E-state index contributed by atoms with van der Waals surface area (Å²) in [6.45, 7) is 6.96. The summed E-state index contributed by atoms with van der Waals surface area (Å²) in [7, 11) is -0.978. The Balaban J connectivity index is 2.25. The van der Waals surface area contributed by atoms with E-state index in [1.165, 1.54) is 62.5 Å². The third-order valence-electron chi connectivity index (χ3n) is 4.81. The standard InChI is InChI=1S/C19H33N3P/c1-4-7-14-23(15-8-5-2,16-9-6-3)17-22-19-13-11-10-12-18(19)20-21-22/h10-13H,4-9,14-17H2,1-3H3/q+1. The van der Waals surface area contributed by atoms with Gasteiger partial charge < -0.3 is 0 Å². The molecule has 128 valence electrons. The van der Waals surface area contributed by atoms with Crippen molar-refractivity contribution in [1.82, 2.24) is 15.0 Å². The summed E-state index contributed by atoms with van der Waals surface area (Å²) in [6, 6.07) is 8.40. The second kappa shape index (κ2) is 9.37. The minimum atomic E-state index is -0.978. The summed E-state index contributed by atoms with van der Waals surface area (Å²) >= 11 is 0. The van der Waals surface area contributed by atoms with Crippen LogP contribution >= 0.6 is 7.26 Å². The minimum Gasteiger partial charge on any atom is -0.209 e. The molecule has 3 nitrogen and oxygen atoms in total. The lowest BCUT2D eigenvalue weighted by atomic mass is 10.3. The first kappa shape index (κ1) is 18.4. The molecule has 0 radical (unpaired) electrons. The van der Waals surface area contributed by atoms with Crippen LogP contribution < -0.4 is 0 Å². The van der Waals surface area contributed by atoms with Crippen LogP contribution in [0.25, 0.3) is 11.0 Å². The zero-order chi connectivity index (χ0) is 16.5. The Labute approximate surface area is 142 Å². The van der Waals surface area contributed by atoms with Gasteiger partial charge in [-0.2, -0.15) is 0 Å². The Kier molecular flexibility index (Phi) is 7.49. The summed E-state index contributed by atoms with van der Waals surface area (Å²) in [5, 5.41) is 8.87. The van der Waals surface area contributed by atoms with Gasteiger partial charge in [0.2, 0.25) is 0 Å². The van der Waals surface area contributed by atoms with Gasteiger partial charge in [0.15, 0.2) is 6.29 Å². The summed E-state index contributed by atoms with van der Waals surface area (Å²) < 4.78 is 2.21. The van der Waals surface area contributed by atoms with E-state index in [1.807, 2.05) is 0 Å². The maximum atomic E-state index is 4.50. The first-order valence-electron chi connectivity index (χ1n) is 9.38. The highest BCUT2D eigenvalue weighted by Crippen LogP contribution is 2.62. The number of hydrogen-bond acceptors (Lipinski definition) is 2. The van der Waals surface area contributed by atoms with Crippen LogP contribution in [-0.2, 0) is 6.29 Å². The maximum Gasteiger partial charge on any atom is 0.152 e. The third kappa shape index (κ3) is 5.01. The van der Waals surface area contributed by atoms with Gasteiger partial charge in [-0.1, -0.05) is 57.4 Å². The van der Waals surface area contributed by atoms with Crippen LogP contribution in [0.1, 0.15) is 59.3 Å². The SMILES string of the molecule is CCCC[P+](CCCC)(CCCC)Cn1nnc2ccccc21. The number of aromatic nitrogens is 3. The Bertz CT molecular complexity index is 557. The largest absolute Gasteiger partial charge is 0.209 e. The first-order chi connectivity index (χ1) is 11.2. The lowest BCUT2D eigenvalue weighted by Crippen LogP contribution is -2.16. The topological polar surface area (TPSA) is 30.7 Å². The molecule has 0 saturated heterocycles. The highest BCUT2D eigenvalue weighted by Gasteiger charge is 2.36. The van der Waals surface area contributed by atoms with Crippen molar-refractivity contribution >= 4 is 18.3 Å². The van der Waals surface area contributed by atoms with E-state index in [9.17, 15) is 0 Å². The number of hydrogen-bond donors (Lipinski definition) is 0. The molecule has 1 heterocycles. The highest BCUT2D eigenvalue weighted by molar-refractivity contribution is 7.74. The molecule has 0 N–H and O–H groups in total. The van der Waals surface area contributed by atoms with Gasteiger partial charge >= 0.3 is 0 Å². The van der Waals surface area contributed by atoms with E-state index >= 15 is 0 Å². The fourth-order valence-electron chi connectivity index (χ4n) is 3.33. The summed E-state index contributed by atoms with van der Waals surface area (Å²) in [5.41, 5.74) is 2.24. The molecule has 1 aromatic heterocycles. The average molecular weight is 334 g/mol. The molecule has 0 fully saturated rings. The molecule has 0 amide bonds. The molecule has 0 aliphatic heterocycles. The van der Waals surface area contributed by atoms with Gasteiger partial charge in [-0.15, -0.1) is 5.10 Å². The molecule has 23 heavy (non-hydrogen) atoms. The lowest BCUT2D eigenvalue weighted by molar-refractivity contribution is 0.699. The number of nitrogens with zero attached hydrogens (tertiary/aromatic N) is 3. The molecule has 0 spiro atoms. The van der Waals surface area contributed by atoms with Gasteiger partial charge in [0.05, 0.1) is 24.0 Å². The van der Waals surface area contributed by atoms with Crippen LogP contribution in [0.4, 0.5) is 0 Å². The van der Waals surface area contributed by atoms with Crippen molar-refractivity contribution in [2.45, 2.75) is 65.6 Å². The van der Waals surface area contributed by atoms with Crippen LogP contribution in [-0.4, -0.2) is 33.5 Å². The normalized spacial score (nSPS) is 12.1. The Morgan fingerprint density at radius 2 is 1.43 bits per heavy atom. The van der Waals surface area contributed by atoms with Crippen LogP contribution in [0.5, 0.6) is 0 Å². The van der Waals surface area contributed by atoms with E-state index in [0.717, 1.165) is 11.8 Å². The van der Waals surface area contributed by atoms with E-state index in [1.54, 1.807) is 0 Å². The van der Waals surface area contributed by atoms with E-state index in [4.69, 9.17) is 0 Å². The molecule has 2 rings (SSSR count). The van der Waals surface area contributed by atoms with E-state index in [0.29, 0.717) is 0 Å². The fourth-order valence-corrected chi connectivity index (χ4v) is 8.17. The van der Waals surface area contributed by atoms with E-state index in [-0.39, 0.29) is 0 Å². The van der Waals surface area contributed by atoms with Crippen molar-refractivity contribution in [2.24, 2.45) is 0 Å². The van der Waals surface area contributed by atoms with Crippen LogP contribution in [0.15, 0.2) is 24.3 Å². The van der Waals surface area contributed by atoms with Gasteiger partial charge in [-0.3, -0.25) is 0 Å². The molecule has 2 aromatic rings. The molecule has 0 aliphatic rings. The maximum absolute atomic E-state index is 4.50. The van der Waals surface area contributed by atoms with Crippen molar-refractivity contribution in [1.29, 1.82) is 0 Å². The summed E-state index contributed by atoms with van der Waals surface area (Å²) in [6.07, 6.45) is 13.4. The second-order valence-corrected chi connectivity index (χ2v) is 11.1. The predicted molar refractivity (Wildman–Crippen MR) is 104 cm³/mol. The zero-order valence-electron chi connectivity index (χ0n) is 15.2. The monoisotopic (exact) mass is 334 g/mol. The van der Waals surface area contributed by atoms with Crippen molar-refractivity contribution in [3.63, 3.8) is 0 Å². The Morgan fingerprint density at radius 3 is 2.00 bits per heavy atom. The van der Waals surface area contributed by atoms with Gasteiger partial charge in [-0.05, 0) is 31.4 Å². The van der Waals surface area contributed by atoms with E-state index < -0.39 is 7.26 Å². The quantitative estimate of drug-likeness (QED) is 0.486. The van der Waals surface area contributed by atoms with Crippen LogP contribution in [0.2, 0.25) is 0 Å². The van der Waals surface area contributed by atoms with Gasteiger partial charge in [0.1, 0.15) is 5.52 Å². The number of unbranched alkanes of at least 4 members (excludes halogenated alkanes) is 3.